The Morgan fingerprint density at radius 2 is 1.81 bits per heavy atom. The normalized spacial score (nSPS) is 18.6. The quantitative estimate of drug-likeness (QED) is 0.451. The van der Waals surface area contributed by atoms with Crippen molar-refractivity contribution in [2.24, 2.45) is 0 Å². The second-order valence-corrected chi connectivity index (χ2v) is 8.58. The third-order valence-electron chi connectivity index (χ3n) is 6.12. The number of ether oxygens (including phenoxy) is 2. The molecular formula is C26H36N2O4. The van der Waals surface area contributed by atoms with Crippen molar-refractivity contribution >= 4 is 17.4 Å². The van der Waals surface area contributed by atoms with Gasteiger partial charge in [-0.2, -0.15) is 0 Å². The number of rotatable bonds is 9. The molecule has 1 heterocycles. The lowest BCUT2D eigenvalue weighted by Crippen LogP contribution is -2.34. The van der Waals surface area contributed by atoms with Gasteiger partial charge in [0.25, 0.3) is 0 Å². The maximum Gasteiger partial charge on any atom is 0.336 e. The van der Waals surface area contributed by atoms with E-state index >= 15 is 0 Å². The molecule has 0 amide bonds. The van der Waals surface area contributed by atoms with E-state index < -0.39 is 11.9 Å². The zero-order chi connectivity index (χ0) is 23.3. The molecule has 0 fully saturated rings. The number of esters is 1. The highest BCUT2D eigenvalue weighted by molar-refractivity contribution is 6.03. The van der Waals surface area contributed by atoms with Crippen LogP contribution in [0.25, 0.3) is 0 Å². The fraction of sp³-hybridized carbons (Fsp3) is 0.538. The molecule has 32 heavy (non-hydrogen) atoms. The highest BCUT2D eigenvalue weighted by Crippen LogP contribution is 2.42. The van der Waals surface area contributed by atoms with Crippen molar-refractivity contribution in [3.8, 4) is 0 Å². The summed E-state index contributed by atoms with van der Waals surface area (Å²) in [7, 11) is 0. The first-order valence-corrected chi connectivity index (χ1v) is 11.7. The molecule has 6 nitrogen and oxygen atoms in total. The van der Waals surface area contributed by atoms with Crippen molar-refractivity contribution in [1.82, 2.24) is 5.32 Å². The van der Waals surface area contributed by atoms with Crippen LogP contribution in [0.1, 0.15) is 65.4 Å². The zero-order valence-electron chi connectivity index (χ0n) is 20.0. The van der Waals surface area contributed by atoms with E-state index in [0.29, 0.717) is 24.2 Å². The Bertz CT molecular complexity index is 895. The van der Waals surface area contributed by atoms with Gasteiger partial charge in [-0.15, -0.1) is 0 Å². The monoisotopic (exact) mass is 440 g/mol. The summed E-state index contributed by atoms with van der Waals surface area (Å²) >= 11 is 0. The SMILES string of the molecule is CCN(CC)c1ccc([C@@H]2C(C(=O)OCCOC(C)C)=C(C)NC3=C2C(=O)CCC3)cc1. The standard InChI is InChI=1S/C26H36N2O4/c1-6-28(7-2)20-13-11-19(12-14-20)24-23(26(30)32-16-15-31-17(3)4)18(5)27-21-9-8-10-22(29)25(21)24/h11-14,17,24,27H,6-10,15-16H2,1-5H3/t24-/m1/s1. The molecule has 0 bridgehead atoms. The second-order valence-electron chi connectivity index (χ2n) is 8.58. The van der Waals surface area contributed by atoms with Gasteiger partial charge in [-0.3, -0.25) is 4.79 Å². The molecule has 1 aliphatic heterocycles. The van der Waals surface area contributed by atoms with E-state index in [4.69, 9.17) is 9.47 Å². The number of nitrogens with one attached hydrogen (secondary N) is 1. The highest BCUT2D eigenvalue weighted by atomic mass is 16.6. The van der Waals surface area contributed by atoms with Crippen LogP contribution in [-0.4, -0.2) is 44.2 Å². The topological polar surface area (TPSA) is 67.9 Å². The molecule has 0 unspecified atom stereocenters. The first kappa shape index (κ1) is 24.1. The molecule has 0 spiro atoms. The van der Waals surface area contributed by atoms with Gasteiger partial charge >= 0.3 is 5.97 Å². The molecule has 0 saturated heterocycles. The van der Waals surface area contributed by atoms with Crippen molar-refractivity contribution in [2.45, 2.75) is 65.9 Å². The van der Waals surface area contributed by atoms with Gasteiger partial charge in [-0.05, 0) is 65.2 Å². The van der Waals surface area contributed by atoms with E-state index in [-0.39, 0.29) is 18.5 Å². The second kappa shape index (κ2) is 10.8. The first-order chi connectivity index (χ1) is 15.4. The molecule has 6 heteroatoms. The number of carbonyl (C=O) groups excluding carboxylic acids is 2. The van der Waals surface area contributed by atoms with Crippen molar-refractivity contribution in [3.05, 3.63) is 52.4 Å². The Balaban J connectivity index is 1.94. The Morgan fingerprint density at radius 1 is 1.12 bits per heavy atom. The number of carbonyl (C=O) groups is 2. The third kappa shape index (κ3) is 5.23. The molecule has 0 radical (unpaired) electrons. The Kier molecular flexibility index (Phi) is 8.13. The van der Waals surface area contributed by atoms with Gasteiger partial charge in [0.15, 0.2) is 5.78 Å². The van der Waals surface area contributed by atoms with E-state index in [1.807, 2.05) is 32.9 Å². The minimum Gasteiger partial charge on any atom is -0.460 e. The summed E-state index contributed by atoms with van der Waals surface area (Å²) in [5.41, 5.74) is 4.99. The average Bonchev–Trinajstić information content (AvgIpc) is 2.77. The lowest BCUT2D eigenvalue weighted by atomic mass is 9.75. The number of Topliss-reactive ketones (excluding diaryl/α,β-unsaturated/α-hetero) is 1. The Hall–Kier alpha value is -2.60. The summed E-state index contributed by atoms with van der Waals surface area (Å²) in [6.07, 6.45) is 2.24. The molecular weight excluding hydrogens is 404 g/mol. The Morgan fingerprint density at radius 3 is 2.44 bits per heavy atom. The van der Waals surface area contributed by atoms with Gasteiger partial charge in [-0.25, -0.2) is 4.79 Å². The first-order valence-electron chi connectivity index (χ1n) is 11.7. The summed E-state index contributed by atoms with van der Waals surface area (Å²) in [6.45, 7) is 12.4. The van der Waals surface area contributed by atoms with E-state index in [1.165, 1.54) is 0 Å². The predicted molar refractivity (Wildman–Crippen MR) is 127 cm³/mol. The van der Waals surface area contributed by atoms with E-state index in [9.17, 15) is 9.59 Å². The summed E-state index contributed by atoms with van der Waals surface area (Å²) in [4.78, 5) is 28.4. The van der Waals surface area contributed by atoms with Crippen LogP contribution in [0.2, 0.25) is 0 Å². The van der Waals surface area contributed by atoms with E-state index in [1.54, 1.807) is 0 Å². The van der Waals surface area contributed by atoms with Gasteiger partial charge in [0.1, 0.15) is 6.61 Å². The third-order valence-corrected chi connectivity index (χ3v) is 6.12. The molecule has 1 atom stereocenters. The smallest absolute Gasteiger partial charge is 0.336 e. The van der Waals surface area contributed by atoms with Crippen molar-refractivity contribution in [1.29, 1.82) is 0 Å². The number of ketones is 1. The van der Waals surface area contributed by atoms with Crippen LogP contribution in [0.15, 0.2) is 46.8 Å². The molecule has 0 saturated carbocycles. The molecule has 3 rings (SSSR count). The molecule has 1 aromatic carbocycles. The van der Waals surface area contributed by atoms with Gasteiger partial charge in [-0.1, -0.05) is 12.1 Å². The fourth-order valence-electron chi connectivity index (χ4n) is 4.55. The zero-order valence-corrected chi connectivity index (χ0v) is 20.0. The van der Waals surface area contributed by atoms with Crippen LogP contribution in [0.3, 0.4) is 0 Å². The van der Waals surface area contributed by atoms with Crippen LogP contribution < -0.4 is 10.2 Å². The number of anilines is 1. The summed E-state index contributed by atoms with van der Waals surface area (Å²) in [6, 6.07) is 8.23. The lowest BCUT2D eigenvalue weighted by molar-refractivity contribution is -0.141. The van der Waals surface area contributed by atoms with Crippen LogP contribution in [0.4, 0.5) is 5.69 Å². The number of benzene rings is 1. The number of hydrogen-bond acceptors (Lipinski definition) is 6. The van der Waals surface area contributed by atoms with Crippen LogP contribution in [0, 0.1) is 0 Å². The highest BCUT2D eigenvalue weighted by Gasteiger charge is 2.39. The van der Waals surface area contributed by atoms with Gasteiger partial charge in [0.2, 0.25) is 0 Å². The van der Waals surface area contributed by atoms with Crippen LogP contribution in [0.5, 0.6) is 0 Å². The van der Waals surface area contributed by atoms with Crippen molar-refractivity contribution in [2.75, 3.05) is 31.2 Å². The number of nitrogens with zero attached hydrogens (tertiary/aromatic N) is 1. The van der Waals surface area contributed by atoms with Crippen molar-refractivity contribution in [3.63, 3.8) is 0 Å². The summed E-state index contributed by atoms with van der Waals surface area (Å²) in [5, 5.41) is 3.33. The van der Waals surface area contributed by atoms with E-state index in [2.05, 4.69) is 36.2 Å². The molecule has 174 valence electrons. The molecule has 0 aromatic heterocycles. The minimum absolute atomic E-state index is 0.0793. The van der Waals surface area contributed by atoms with Gasteiger partial charge in [0, 0.05) is 48.1 Å². The largest absolute Gasteiger partial charge is 0.460 e. The molecule has 1 aromatic rings. The van der Waals surface area contributed by atoms with E-state index in [0.717, 1.165) is 48.6 Å². The molecule has 1 N–H and O–H groups in total. The predicted octanol–water partition coefficient (Wildman–Crippen LogP) is 4.47. The Labute approximate surface area is 191 Å². The minimum atomic E-state index is -0.414. The number of dihydropyridines is 1. The molecule has 1 aliphatic carbocycles. The lowest BCUT2D eigenvalue weighted by Gasteiger charge is -2.34. The summed E-state index contributed by atoms with van der Waals surface area (Å²) in [5.74, 6) is -0.703. The van der Waals surface area contributed by atoms with Crippen LogP contribution in [-0.2, 0) is 19.1 Å². The van der Waals surface area contributed by atoms with Gasteiger partial charge < -0.3 is 19.7 Å². The number of allylic oxidation sites excluding steroid dienone is 3. The average molecular weight is 441 g/mol. The molecule has 2 aliphatic rings. The van der Waals surface area contributed by atoms with Crippen LogP contribution >= 0.6 is 0 Å². The van der Waals surface area contributed by atoms with Crippen molar-refractivity contribution < 1.29 is 19.1 Å². The summed E-state index contributed by atoms with van der Waals surface area (Å²) < 4.78 is 11.1. The maximum absolute atomic E-state index is 13.2. The number of hydrogen-bond donors (Lipinski definition) is 1. The maximum atomic E-state index is 13.2. The van der Waals surface area contributed by atoms with Gasteiger partial charge in [0.05, 0.1) is 18.3 Å². The fourth-order valence-corrected chi connectivity index (χ4v) is 4.55.